The zero-order valence-corrected chi connectivity index (χ0v) is 10.4. The van der Waals surface area contributed by atoms with E-state index in [2.05, 4.69) is 65.2 Å². The van der Waals surface area contributed by atoms with Crippen LogP contribution in [0.2, 0.25) is 0 Å². The Morgan fingerprint density at radius 3 is 2.33 bits per heavy atom. The van der Waals surface area contributed by atoms with Crippen LogP contribution < -0.4 is 10.9 Å². The number of nitrogens with one attached hydrogen (secondary N) is 2. The summed E-state index contributed by atoms with van der Waals surface area (Å²) < 4.78 is 0. The molecule has 0 aliphatic carbocycles. The first kappa shape index (κ1) is 11.4. The molecule has 1 saturated heterocycles. The molecule has 1 aliphatic heterocycles. The highest BCUT2D eigenvalue weighted by Crippen LogP contribution is 2.36. The molecule has 2 heterocycles. The molecule has 3 unspecified atom stereocenters. The third-order valence-electron chi connectivity index (χ3n) is 3.61. The summed E-state index contributed by atoms with van der Waals surface area (Å²) in [5, 5.41) is 0. The monoisotopic (exact) mass is 239 g/mol. The van der Waals surface area contributed by atoms with Crippen molar-refractivity contribution in [1.82, 2.24) is 15.8 Å². The number of hydrazine groups is 1. The van der Waals surface area contributed by atoms with Crippen molar-refractivity contribution in [2.24, 2.45) is 0 Å². The molecule has 0 bridgehead atoms. The molecule has 1 fully saturated rings. The Kier molecular flexibility index (Phi) is 3.09. The lowest BCUT2D eigenvalue weighted by atomic mass is 9.85. The van der Waals surface area contributed by atoms with Gasteiger partial charge in [0, 0.05) is 24.4 Å². The fraction of sp³-hybridized carbons (Fsp3) is 0.267. The molecule has 0 spiro atoms. The zero-order valence-electron chi connectivity index (χ0n) is 10.4. The van der Waals surface area contributed by atoms with Crippen LogP contribution in [0, 0.1) is 0 Å². The van der Waals surface area contributed by atoms with Gasteiger partial charge >= 0.3 is 0 Å². The van der Waals surface area contributed by atoms with E-state index in [0.717, 1.165) is 0 Å². The van der Waals surface area contributed by atoms with Crippen molar-refractivity contribution < 1.29 is 0 Å². The third-order valence-corrected chi connectivity index (χ3v) is 3.61. The number of pyridine rings is 1. The van der Waals surface area contributed by atoms with Crippen molar-refractivity contribution in [1.29, 1.82) is 0 Å². The van der Waals surface area contributed by atoms with Gasteiger partial charge in [-0.15, -0.1) is 0 Å². The number of hydrogen-bond acceptors (Lipinski definition) is 3. The summed E-state index contributed by atoms with van der Waals surface area (Å²) in [5.74, 6) is 0.426. The van der Waals surface area contributed by atoms with E-state index in [4.69, 9.17) is 0 Å². The van der Waals surface area contributed by atoms with Gasteiger partial charge in [0.1, 0.15) is 0 Å². The third kappa shape index (κ3) is 2.03. The summed E-state index contributed by atoms with van der Waals surface area (Å²) in [6.07, 6.45) is 3.73. The van der Waals surface area contributed by atoms with Crippen LogP contribution in [0.4, 0.5) is 0 Å². The van der Waals surface area contributed by atoms with Gasteiger partial charge in [0.05, 0.1) is 6.04 Å². The highest BCUT2D eigenvalue weighted by atomic mass is 15.4. The molecule has 0 amide bonds. The largest absolute Gasteiger partial charge is 0.265 e. The Hall–Kier alpha value is -1.71. The van der Waals surface area contributed by atoms with Gasteiger partial charge in [-0.25, -0.2) is 5.43 Å². The number of rotatable bonds is 2. The molecule has 0 radical (unpaired) electrons. The summed E-state index contributed by atoms with van der Waals surface area (Å²) >= 11 is 0. The molecule has 3 heteroatoms. The van der Waals surface area contributed by atoms with Crippen molar-refractivity contribution in [3.63, 3.8) is 0 Å². The first-order valence-corrected chi connectivity index (χ1v) is 6.32. The van der Waals surface area contributed by atoms with Crippen molar-refractivity contribution in [3.05, 3.63) is 66.0 Å². The van der Waals surface area contributed by atoms with E-state index in [1.165, 1.54) is 11.1 Å². The Morgan fingerprint density at radius 2 is 1.61 bits per heavy atom. The van der Waals surface area contributed by atoms with Gasteiger partial charge in [0.15, 0.2) is 0 Å². The van der Waals surface area contributed by atoms with Gasteiger partial charge in [-0.05, 0) is 30.2 Å². The van der Waals surface area contributed by atoms with E-state index >= 15 is 0 Å². The minimum absolute atomic E-state index is 0.309. The molecular weight excluding hydrogens is 222 g/mol. The Balaban J connectivity index is 1.96. The molecule has 1 aromatic heterocycles. The van der Waals surface area contributed by atoms with Crippen molar-refractivity contribution in [2.45, 2.75) is 24.9 Å². The molecule has 1 aliphatic rings. The second-order valence-electron chi connectivity index (χ2n) is 4.77. The molecular formula is C15H17N3. The molecule has 3 atom stereocenters. The molecule has 92 valence electrons. The topological polar surface area (TPSA) is 37.0 Å². The predicted molar refractivity (Wildman–Crippen MR) is 71.9 cm³/mol. The van der Waals surface area contributed by atoms with E-state index in [1.54, 1.807) is 0 Å². The fourth-order valence-electron chi connectivity index (χ4n) is 2.71. The van der Waals surface area contributed by atoms with Crippen molar-refractivity contribution in [2.75, 3.05) is 0 Å². The van der Waals surface area contributed by atoms with Crippen LogP contribution in [-0.4, -0.2) is 11.0 Å². The molecule has 2 aromatic rings. The van der Waals surface area contributed by atoms with Crippen molar-refractivity contribution >= 4 is 0 Å². The Labute approximate surface area is 107 Å². The minimum atomic E-state index is 0.309. The van der Waals surface area contributed by atoms with Gasteiger partial charge in [0.25, 0.3) is 0 Å². The first-order valence-electron chi connectivity index (χ1n) is 6.32. The van der Waals surface area contributed by atoms with E-state index in [0.29, 0.717) is 18.0 Å². The van der Waals surface area contributed by atoms with E-state index in [-0.39, 0.29) is 0 Å². The standard InChI is InChI=1S/C15H17N3/c1-11-14(12-7-9-16-10-8-12)15(18-17-11)13-5-3-2-4-6-13/h2-11,14-15,17-18H,1H3. The fourth-order valence-corrected chi connectivity index (χ4v) is 2.71. The molecule has 3 rings (SSSR count). The molecule has 18 heavy (non-hydrogen) atoms. The summed E-state index contributed by atoms with van der Waals surface area (Å²) in [5.41, 5.74) is 9.39. The summed E-state index contributed by atoms with van der Waals surface area (Å²) in [6.45, 7) is 2.21. The maximum Gasteiger partial charge on any atom is 0.0546 e. The second kappa shape index (κ2) is 4.88. The average molecular weight is 239 g/mol. The normalized spacial score (nSPS) is 27.3. The first-order chi connectivity index (χ1) is 8.86. The SMILES string of the molecule is CC1NNC(c2ccccc2)C1c1ccncc1. The lowest BCUT2D eigenvalue weighted by Crippen LogP contribution is -2.29. The van der Waals surface area contributed by atoms with E-state index < -0.39 is 0 Å². The quantitative estimate of drug-likeness (QED) is 0.845. The molecule has 1 aromatic carbocycles. The molecule has 0 saturated carbocycles. The van der Waals surface area contributed by atoms with Crippen LogP contribution in [0.15, 0.2) is 54.9 Å². The van der Waals surface area contributed by atoms with Gasteiger partial charge < -0.3 is 0 Å². The van der Waals surface area contributed by atoms with Crippen molar-refractivity contribution in [3.8, 4) is 0 Å². The number of hydrogen-bond donors (Lipinski definition) is 2. The maximum absolute atomic E-state index is 4.10. The number of benzene rings is 1. The lowest BCUT2D eigenvalue weighted by Gasteiger charge is -2.21. The van der Waals surface area contributed by atoms with Gasteiger partial charge in [-0.1, -0.05) is 30.3 Å². The van der Waals surface area contributed by atoms with Gasteiger partial charge in [-0.3, -0.25) is 10.4 Å². The Morgan fingerprint density at radius 1 is 0.889 bits per heavy atom. The number of aromatic nitrogens is 1. The smallest absolute Gasteiger partial charge is 0.0546 e. The van der Waals surface area contributed by atoms with Gasteiger partial charge in [0.2, 0.25) is 0 Å². The second-order valence-corrected chi connectivity index (χ2v) is 4.77. The van der Waals surface area contributed by atoms with Gasteiger partial charge in [-0.2, -0.15) is 0 Å². The van der Waals surface area contributed by atoms with Crippen LogP contribution >= 0.6 is 0 Å². The minimum Gasteiger partial charge on any atom is -0.265 e. The van der Waals surface area contributed by atoms with Crippen LogP contribution in [0.1, 0.15) is 30.0 Å². The van der Waals surface area contributed by atoms with E-state index in [1.807, 2.05) is 12.4 Å². The Bertz CT molecular complexity index is 498. The van der Waals surface area contributed by atoms with Crippen LogP contribution in [0.5, 0.6) is 0 Å². The van der Waals surface area contributed by atoms with Crippen LogP contribution in [0.3, 0.4) is 0 Å². The lowest BCUT2D eigenvalue weighted by molar-refractivity contribution is 0.554. The van der Waals surface area contributed by atoms with Crippen LogP contribution in [-0.2, 0) is 0 Å². The highest BCUT2D eigenvalue weighted by molar-refractivity contribution is 5.29. The predicted octanol–water partition coefficient (Wildman–Crippen LogP) is 2.40. The number of nitrogens with zero attached hydrogens (tertiary/aromatic N) is 1. The zero-order chi connectivity index (χ0) is 12.4. The maximum atomic E-state index is 4.10. The summed E-state index contributed by atoms with van der Waals surface area (Å²) in [6, 6.07) is 15.5. The molecule has 3 nitrogen and oxygen atoms in total. The summed E-state index contributed by atoms with van der Waals surface area (Å²) in [7, 11) is 0. The van der Waals surface area contributed by atoms with E-state index in [9.17, 15) is 0 Å². The summed E-state index contributed by atoms with van der Waals surface area (Å²) in [4.78, 5) is 4.10. The molecule has 2 N–H and O–H groups in total. The van der Waals surface area contributed by atoms with Crippen LogP contribution in [0.25, 0.3) is 0 Å². The highest BCUT2D eigenvalue weighted by Gasteiger charge is 2.34. The average Bonchev–Trinajstić information content (AvgIpc) is 2.83.